The van der Waals surface area contributed by atoms with Gasteiger partial charge in [0.1, 0.15) is 5.69 Å². The normalized spacial score (nSPS) is 18.4. The van der Waals surface area contributed by atoms with Crippen molar-refractivity contribution in [3.63, 3.8) is 0 Å². The highest BCUT2D eigenvalue weighted by Crippen LogP contribution is 2.28. The third kappa shape index (κ3) is 3.07. The van der Waals surface area contributed by atoms with Gasteiger partial charge in [-0.2, -0.15) is 5.10 Å². The number of rotatable bonds is 3. The van der Waals surface area contributed by atoms with E-state index in [1.165, 1.54) is 0 Å². The number of nitrogens with one attached hydrogen (secondary N) is 1. The molecule has 1 aromatic carbocycles. The molecule has 1 aromatic heterocycles. The van der Waals surface area contributed by atoms with Crippen molar-refractivity contribution in [2.45, 2.75) is 6.10 Å². The van der Waals surface area contributed by atoms with Crippen molar-refractivity contribution < 1.29 is 14.3 Å². The maximum Gasteiger partial charge on any atom is 0.255 e. The molecule has 21 heavy (non-hydrogen) atoms. The molecule has 2 aromatic rings. The van der Waals surface area contributed by atoms with E-state index in [9.17, 15) is 4.79 Å². The van der Waals surface area contributed by atoms with E-state index in [0.717, 1.165) is 0 Å². The number of amides is 1. The zero-order valence-electron chi connectivity index (χ0n) is 11.2. The van der Waals surface area contributed by atoms with E-state index >= 15 is 0 Å². The third-order valence-corrected chi connectivity index (χ3v) is 3.39. The zero-order chi connectivity index (χ0) is 14.7. The second-order valence-corrected chi connectivity index (χ2v) is 4.92. The van der Waals surface area contributed by atoms with Crippen molar-refractivity contribution in [2.75, 3.05) is 25.1 Å². The summed E-state index contributed by atoms with van der Waals surface area (Å²) in [7, 11) is 0. The molecule has 6 nitrogen and oxygen atoms in total. The van der Waals surface area contributed by atoms with Gasteiger partial charge in [0, 0.05) is 12.4 Å². The van der Waals surface area contributed by atoms with E-state index in [-0.39, 0.29) is 12.5 Å². The molecule has 1 unspecified atom stereocenters. The Balaban J connectivity index is 1.85. The molecule has 1 N–H and O–H groups in total. The van der Waals surface area contributed by atoms with Crippen LogP contribution in [-0.2, 0) is 14.3 Å². The van der Waals surface area contributed by atoms with E-state index in [1.807, 2.05) is 0 Å². The lowest BCUT2D eigenvalue weighted by molar-refractivity contribution is -0.142. The van der Waals surface area contributed by atoms with Gasteiger partial charge in [-0.25, -0.2) is 4.68 Å². The summed E-state index contributed by atoms with van der Waals surface area (Å²) in [6.07, 6.45) is 2.80. The molecule has 1 fully saturated rings. The van der Waals surface area contributed by atoms with Crippen LogP contribution < -0.4 is 5.32 Å². The van der Waals surface area contributed by atoms with E-state index in [0.29, 0.717) is 29.6 Å². The highest BCUT2D eigenvalue weighted by Gasteiger charge is 2.24. The summed E-state index contributed by atoms with van der Waals surface area (Å²) >= 11 is 6.22. The molecule has 2 heterocycles. The van der Waals surface area contributed by atoms with Crippen LogP contribution in [0.2, 0.25) is 5.02 Å². The summed E-state index contributed by atoms with van der Waals surface area (Å²) in [4.78, 5) is 12.2. The maximum absolute atomic E-state index is 12.2. The van der Waals surface area contributed by atoms with Gasteiger partial charge in [-0.15, -0.1) is 0 Å². The zero-order valence-corrected chi connectivity index (χ0v) is 11.9. The molecule has 1 amide bonds. The minimum atomic E-state index is -0.608. The third-order valence-electron chi connectivity index (χ3n) is 3.09. The Bertz CT molecular complexity index is 624. The standard InChI is InChI=1S/C14H14ClN3O3/c15-10-3-1-4-11(13(10)18-6-2-5-16-18)17-14(19)12-9-20-7-8-21-12/h1-6,12H,7-9H2,(H,17,19). The molecular formula is C14H14ClN3O3. The summed E-state index contributed by atoms with van der Waals surface area (Å²) in [6.45, 7) is 1.18. The highest BCUT2D eigenvalue weighted by molar-refractivity contribution is 6.33. The number of para-hydroxylation sites is 1. The lowest BCUT2D eigenvalue weighted by Gasteiger charge is -2.22. The fourth-order valence-electron chi connectivity index (χ4n) is 2.10. The van der Waals surface area contributed by atoms with Crippen LogP contribution in [0.4, 0.5) is 5.69 Å². The molecule has 110 valence electrons. The Morgan fingerprint density at radius 2 is 2.29 bits per heavy atom. The second-order valence-electron chi connectivity index (χ2n) is 4.51. The van der Waals surface area contributed by atoms with Crippen LogP contribution in [0.1, 0.15) is 0 Å². The van der Waals surface area contributed by atoms with Gasteiger partial charge in [-0.05, 0) is 18.2 Å². The number of carbonyl (C=O) groups is 1. The molecular weight excluding hydrogens is 294 g/mol. The molecule has 0 saturated carbocycles. The Kier molecular flexibility index (Phi) is 4.19. The van der Waals surface area contributed by atoms with Crippen LogP contribution in [0.5, 0.6) is 0 Å². The van der Waals surface area contributed by atoms with Gasteiger partial charge in [0.25, 0.3) is 5.91 Å². The van der Waals surface area contributed by atoms with Crippen LogP contribution in [0, 0.1) is 0 Å². The number of benzene rings is 1. The lowest BCUT2D eigenvalue weighted by atomic mass is 10.2. The van der Waals surface area contributed by atoms with Crippen LogP contribution >= 0.6 is 11.6 Å². The first-order valence-corrected chi connectivity index (χ1v) is 6.92. The number of anilines is 1. The van der Waals surface area contributed by atoms with E-state index in [2.05, 4.69) is 10.4 Å². The van der Waals surface area contributed by atoms with Gasteiger partial charge < -0.3 is 14.8 Å². The summed E-state index contributed by atoms with van der Waals surface area (Å²) < 4.78 is 12.2. The fraction of sp³-hybridized carbons (Fsp3) is 0.286. The minimum absolute atomic E-state index is 0.253. The topological polar surface area (TPSA) is 65.4 Å². The number of carbonyl (C=O) groups excluding carboxylic acids is 1. The number of hydrogen-bond acceptors (Lipinski definition) is 4. The van der Waals surface area contributed by atoms with Gasteiger partial charge in [0.15, 0.2) is 6.10 Å². The quantitative estimate of drug-likeness (QED) is 0.940. The van der Waals surface area contributed by atoms with Gasteiger partial charge in [0.05, 0.1) is 30.5 Å². The van der Waals surface area contributed by atoms with Crippen molar-refractivity contribution in [1.29, 1.82) is 0 Å². The number of aromatic nitrogens is 2. The predicted octanol–water partition coefficient (Wildman–Crippen LogP) is 1.88. The molecule has 0 aliphatic carbocycles. The van der Waals surface area contributed by atoms with Crippen molar-refractivity contribution in [3.8, 4) is 5.69 Å². The Labute approximate surface area is 126 Å². The predicted molar refractivity (Wildman–Crippen MR) is 77.8 cm³/mol. The Morgan fingerprint density at radius 3 is 3.00 bits per heavy atom. The lowest BCUT2D eigenvalue weighted by Crippen LogP contribution is -2.39. The van der Waals surface area contributed by atoms with Gasteiger partial charge in [-0.3, -0.25) is 4.79 Å². The Morgan fingerprint density at radius 1 is 1.38 bits per heavy atom. The van der Waals surface area contributed by atoms with Gasteiger partial charge >= 0.3 is 0 Å². The first-order chi connectivity index (χ1) is 10.3. The summed E-state index contributed by atoms with van der Waals surface area (Å²) in [5.74, 6) is -0.259. The Hall–Kier alpha value is -1.89. The van der Waals surface area contributed by atoms with Crippen molar-refractivity contribution >= 4 is 23.2 Å². The van der Waals surface area contributed by atoms with Crippen LogP contribution in [0.15, 0.2) is 36.7 Å². The number of halogens is 1. The van der Waals surface area contributed by atoms with Gasteiger partial charge in [0.2, 0.25) is 0 Å². The second kappa shape index (κ2) is 6.26. The summed E-state index contributed by atoms with van der Waals surface area (Å²) in [6, 6.07) is 7.06. The first kappa shape index (κ1) is 14.1. The van der Waals surface area contributed by atoms with E-state index < -0.39 is 6.10 Å². The van der Waals surface area contributed by atoms with Crippen molar-refractivity contribution in [1.82, 2.24) is 9.78 Å². The van der Waals surface area contributed by atoms with E-state index in [4.69, 9.17) is 21.1 Å². The van der Waals surface area contributed by atoms with Crippen molar-refractivity contribution in [3.05, 3.63) is 41.7 Å². The maximum atomic E-state index is 12.2. The van der Waals surface area contributed by atoms with Crippen LogP contribution in [-0.4, -0.2) is 41.6 Å². The molecule has 1 aliphatic rings. The van der Waals surface area contributed by atoms with E-state index in [1.54, 1.807) is 41.3 Å². The molecule has 1 atom stereocenters. The number of ether oxygens (including phenoxy) is 2. The molecule has 1 aliphatic heterocycles. The van der Waals surface area contributed by atoms with Gasteiger partial charge in [-0.1, -0.05) is 17.7 Å². The smallest absolute Gasteiger partial charge is 0.255 e. The molecule has 0 bridgehead atoms. The summed E-state index contributed by atoms with van der Waals surface area (Å²) in [5, 5.41) is 7.47. The monoisotopic (exact) mass is 307 g/mol. The first-order valence-electron chi connectivity index (χ1n) is 6.54. The molecule has 0 spiro atoms. The van der Waals surface area contributed by atoms with Crippen molar-refractivity contribution in [2.24, 2.45) is 0 Å². The number of nitrogens with zero attached hydrogens (tertiary/aromatic N) is 2. The molecule has 3 rings (SSSR count). The molecule has 7 heteroatoms. The van der Waals surface area contributed by atoms with Crippen LogP contribution in [0.25, 0.3) is 5.69 Å². The molecule has 0 radical (unpaired) electrons. The molecule has 1 saturated heterocycles. The van der Waals surface area contributed by atoms with Crippen LogP contribution in [0.3, 0.4) is 0 Å². The SMILES string of the molecule is O=C(Nc1cccc(Cl)c1-n1cccn1)C1COCCO1. The average Bonchev–Trinajstić information content (AvgIpc) is 3.02. The largest absolute Gasteiger partial charge is 0.376 e. The highest BCUT2D eigenvalue weighted by atomic mass is 35.5. The average molecular weight is 308 g/mol. The minimum Gasteiger partial charge on any atom is -0.376 e. The fourth-order valence-corrected chi connectivity index (χ4v) is 2.36. The number of hydrogen-bond donors (Lipinski definition) is 1. The summed E-state index contributed by atoms with van der Waals surface area (Å²) in [5.41, 5.74) is 1.19.